The van der Waals surface area contributed by atoms with Crippen LogP contribution in [0.2, 0.25) is 0 Å². The molecule has 2 aromatic carbocycles. The lowest BCUT2D eigenvalue weighted by Gasteiger charge is -2.06. The van der Waals surface area contributed by atoms with Crippen molar-refractivity contribution in [3.8, 4) is 11.3 Å². The Morgan fingerprint density at radius 1 is 1.08 bits per heavy atom. The lowest BCUT2D eigenvalue weighted by atomic mass is 10.0. The fraction of sp³-hybridized carbons (Fsp3) is 0.190. The SMILES string of the molecule is CCCOC(=O)C=Cc1c(-c2ccccc2)n(C)c2ccccc12. The molecule has 0 saturated carbocycles. The fourth-order valence-electron chi connectivity index (χ4n) is 2.94. The first kappa shape index (κ1) is 16.1. The van der Waals surface area contributed by atoms with Gasteiger partial charge in [-0.25, -0.2) is 4.79 Å². The third kappa shape index (κ3) is 3.11. The van der Waals surface area contributed by atoms with Crippen LogP contribution < -0.4 is 0 Å². The van der Waals surface area contributed by atoms with E-state index in [9.17, 15) is 4.79 Å². The smallest absolute Gasteiger partial charge is 0.330 e. The van der Waals surface area contributed by atoms with Crippen LogP contribution >= 0.6 is 0 Å². The molecule has 1 heterocycles. The second kappa shape index (κ2) is 7.18. The monoisotopic (exact) mass is 319 g/mol. The molecule has 0 aliphatic heterocycles. The van der Waals surface area contributed by atoms with Gasteiger partial charge in [-0.2, -0.15) is 0 Å². The number of carbonyl (C=O) groups is 1. The van der Waals surface area contributed by atoms with Gasteiger partial charge in [0.15, 0.2) is 0 Å². The number of fused-ring (bicyclic) bond motifs is 1. The van der Waals surface area contributed by atoms with Gasteiger partial charge in [0.1, 0.15) is 0 Å². The van der Waals surface area contributed by atoms with Gasteiger partial charge in [0.2, 0.25) is 0 Å². The van der Waals surface area contributed by atoms with Gasteiger partial charge in [-0.05, 0) is 24.1 Å². The van der Waals surface area contributed by atoms with Crippen molar-refractivity contribution in [2.45, 2.75) is 13.3 Å². The van der Waals surface area contributed by atoms with Gasteiger partial charge < -0.3 is 9.30 Å². The summed E-state index contributed by atoms with van der Waals surface area (Å²) in [5.74, 6) is -0.302. The van der Waals surface area contributed by atoms with E-state index in [1.807, 2.05) is 43.3 Å². The van der Waals surface area contributed by atoms with Crippen molar-refractivity contribution in [2.24, 2.45) is 7.05 Å². The van der Waals surface area contributed by atoms with Crippen LogP contribution in [0.15, 0.2) is 60.7 Å². The van der Waals surface area contributed by atoms with Crippen molar-refractivity contribution in [3.05, 3.63) is 66.2 Å². The van der Waals surface area contributed by atoms with E-state index in [-0.39, 0.29) is 5.97 Å². The number of carbonyl (C=O) groups excluding carboxylic acids is 1. The lowest BCUT2D eigenvalue weighted by molar-refractivity contribution is -0.137. The minimum atomic E-state index is -0.302. The van der Waals surface area contributed by atoms with Gasteiger partial charge in [0.25, 0.3) is 0 Å². The zero-order chi connectivity index (χ0) is 16.9. The van der Waals surface area contributed by atoms with Crippen LogP contribution in [-0.2, 0) is 16.6 Å². The normalized spacial score (nSPS) is 11.2. The molecule has 3 nitrogen and oxygen atoms in total. The van der Waals surface area contributed by atoms with Crippen molar-refractivity contribution >= 4 is 22.9 Å². The summed E-state index contributed by atoms with van der Waals surface area (Å²) in [7, 11) is 2.05. The average molecular weight is 319 g/mol. The molecule has 3 heteroatoms. The molecule has 0 amide bonds. The van der Waals surface area contributed by atoms with Gasteiger partial charge in [-0.15, -0.1) is 0 Å². The first-order valence-electron chi connectivity index (χ1n) is 8.20. The average Bonchev–Trinajstić information content (AvgIpc) is 2.91. The number of para-hydroxylation sites is 1. The van der Waals surface area contributed by atoms with E-state index >= 15 is 0 Å². The number of hydrogen-bond acceptors (Lipinski definition) is 2. The van der Waals surface area contributed by atoms with Gasteiger partial charge in [-0.3, -0.25) is 0 Å². The summed E-state index contributed by atoms with van der Waals surface area (Å²) >= 11 is 0. The third-order valence-electron chi connectivity index (χ3n) is 4.03. The molecule has 0 spiro atoms. The molecule has 3 aromatic rings. The number of esters is 1. The summed E-state index contributed by atoms with van der Waals surface area (Å²) in [6, 6.07) is 18.4. The summed E-state index contributed by atoms with van der Waals surface area (Å²) in [6.45, 7) is 2.43. The predicted molar refractivity (Wildman–Crippen MR) is 98.6 cm³/mol. The Morgan fingerprint density at radius 2 is 1.79 bits per heavy atom. The lowest BCUT2D eigenvalue weighted by Crippen LogP contribution is -2.00. The molecule has 3 rings (SSSR count). The van der Waals surface area contributed by atoms with Crippen molar-refractivity contribution in [1.29, 1.82) is 0 Å². The number of nitrogens with zero attached hydrogens (tertiary/aromatic N) is 1. The highest BCUT2D eigenvalue weighted by molar-refractivity contribution is 6.00. The van der Waals surface area contributed by atoms with E-state index in [2.05, 4.69) is 35.9 Å². The van der Waals surface area contributed by atoms with Crippen LogP contribution in [0.3, 0.4) is 0 Å². The van der Waals surface area contributed by atoms with Crippen LogP contribution in [0, 0.1) is 0 Å². The largest absolute Gasteiger partial charge is 0.463 e. The molecular weight excluding hydrogens is 298 g/mol. The molecule has 0 aliphatic carbocycles. The number of aryl methyl sites for hydroxylation is 1. The van der Waals surface area contributed by atoms with Crippen LogP contribution in [0.1, 0.15) is 18.9 Å². The van der Waals surface area contributed by atoms with E-state index in [0.717, 1.165) is 34.1 Å². The van der Waals surface area contributed by atoms with Gasteiger partial charge in [0, 0.05) is 29.6 Å². The van der Waals surface area contributed by atoms with Crippen molar-refractivity contribution in [1.82, 2.24) is 4.57 Å². The molecule has 122 valence electrons. The van der Waals surface area contributed by atoms with E-state index < -0.39 is 0 Å². The Balaban J connectivity index is 2.11. The maximum absolute atomic E-state index is 11.9. The number of ether oxygens (including phenoxy) is 1. The molecule has 0 atom stereocenters. The summed E-state index contributed by atoms with van der Waals surface area (Å²) in [4.78, 5) is 11.9. The summed E-state index contributed by atoms with van der Waals surface area (Å²) in [5.41, 5.74) is 4.39. The summed E-state index contributed by atoms with van der Waals surface area (Å²) in [5, 5.41) is 1.12. The number of benzene rings is 2. The quantitative estimate of drug-likeness (QED) is 0.499. The molecular formula is C21H21NO2. The van der Waals surface area contributed by atoms with E-state index in [4.69, 9.17) is 4.74 Å². The molecule has 0 fully saturated rings. The van der Waals surface area contributed by atoms with Gasteiger partial charge in [-0.1, -0.05) is 55.5 Å². The highest BCUT2D eigenvalue weighted by atomic mass is 16.5. The van der Waals surface area contributed by atoms with Crippen LogP contribution in [-0.4, -0.2) is 17.1 Å². The fourth-order valence-corrected chi connectivity index (χ4v) is 2.94. The minimum absolute atomic E-state index is 0.302. The highest BCUT2D eigenvalue weighted by Crippen LogP contribution is 2.33. The topological polar surface area (TPSA) is 31.2 Å². The number of hydrogen-bond donors (Lipinski definition) is 0. The molecule has 1 aromatic heterocycles. The van der Waals surface area contributed by atoms with E-state index in [1.54, 1.807) is 0 Å². The summed E-state index contributed by atoms with van der Waals surface area (Å²) in [6.07, 6.45) is 4.20. The van der Waals surface area contributed by atoms with Crippen molar-refractivity contribution < 1.29 is 9.53 Å². The number of aromatic nitrogens is 1. The standard InChI is InChI=1S/C21H21NO2/c1-3-15-24-20(23)14-13-18-17-11-7-8-12-19(17)22(2)21(18)16-9-5-4-6-10-16/h4-14H,3,15H2,1-2H3. The Morgan fingerprint density at radius 3 is 2.54 bits per heavy atom. The first-order valence-corrected chi connectivity index (χ1v) is 8.20. The second-order valence-corrected chi connectivity index (χ2v) is 5.71. The molecule has 0 aliphatic rings. The maximum Gasteiger partial charge on any atom is 0.330 e. The molecule has 0 bridgehead atoms. The van der Waals surface area contributed by atoms with Crippen LogP contribution in [0.5, 0.6) is 0 Å². The third-order valence-corrected chi connectivity index (χ3v) is 4.03. The van der Waals surface area contributed by atoms with E-state index in [0.29, 0.717) is 6.61 Å². The predicted octanol–water partition coefficient (Wildman–Crippen LogP) is 4.81. The molecule has 0 radical (unpaired) electrons. The maximum atomic E-state index is 11.9. The zero-order valence-electron chi connectivity index (χ0n) is 14.0. The Bertz CT molecular complexity index is 875. The highest BCUT2D eigenvalue weighted by Gasteiger charge is 2.14. The van der Waals surface area contributed by atoms with Crippen molar-refractivity contribution in [2.75, 3.05) is 6.61 Å². The van der Waals surface area contributed by atoms with Crippen molar-refractivity contribution in [3.63, 3.8) is 0 Å². The molecule has 0 N–H and O–H groups in total. The summed E-state index contributed by atoms with van der Waals surface area (Å²) < 4.78 is 7.31. The van der Waals surface area contributed by atoms with E-state index in [1.165, 1.54) is 6.08 Å². The first-order chi connectivity index (χ1) is 11.7. The molecule has 0 unspecified atom stereocenters. The number of rotatable bonds is 5. The Hall–Kier alpha value is -2.81. The van der Waals surface area contributed by atoms with Gasteiger partial charge in [0.05, 0.1) is 12.3 Å². The Kier molecular flexibility index (Phi) is 4.80. The molecule has 24 heavy (non-hydrogen) atoms. The van der Waals surface area contributed by atoms with Crippen LogP contribution in [0.25, 0.3) is 28.2 Å². The minimum Gasteiger partial charge on any atom is -0.463 e. The molecule has 0 saturated heterocycles. The Labute approximate surface area is 142 Å². The van der Waals surface area contributed by atoms with Gasteiger partial charge >= 0.3 is 5.97 Å². The van der Waals surface area contributed by atoms with Crippen LogP contribution in [0.4, 0.5) is 0 Å². The zero-order valence-corrected chi connectivity index (χ0v) is 14.0. The second-order valence-electron chi connectivity index (χ2n) is 5.71.